The highest BCUT2D eigenvalue weighted by Gasteiger charge is 2.12. The van der Waals surface area contributed by atoms with Gasteiger partial charge in [0.2, 0.25) is 0 Å². The molecule has 3 N–H and O–H groups in total. The molecule has 0 aliphatic heterocycles. The molecule has 1 amide bonds. The van der Waals surface area contributed by atoms with Gasteiger partial charge < -0.3 is 16.0 Å². The molecule has 0 fully saturated rings. The average molecular weight is 362 g/mol. The predicted octanol–water partition coefficient (Wildman–Crippen LogP) is 2.26. The van der Waals surface area contributed by atoms with Gasteiger partial charge in [-0.3, -0.25) is 9.78 Å². The molecule has 0 saturated carbocycles. The van der Waals surface area contributed by atoms with Crippen LogP contribution >= 0.6 is 0 Å². The van der Waals surface area contributed by atoms with E-state index in [1.165, 1.54) is 0 Å². The van der Waals surface area contributed by atoms with Crippen molar-refractivity contribution < 1.29 is 4.79 Å². The normalized spacial score (nSPS) is 10.4. The third-order valence-corrected chi connectivity index (χ3v) is 4.18. The number of hydrogen-bond donors (Lipinski definition) is 2. The molecule has 3 aromatic heterocycles. The lowest BCUT2D eigenvalue weighted by atomic mass is 10.2. The molecule has 0 aliphatic carbocycles. The first-order valence-corrected chi connectivity index (χ1v) is 8.69. The Morgan fingerprint density at radius 1 is 1.04 bits per heavy atom. The Morgan fingerprint density at radius 3 is 2.59 bits per heavy atom. The number of primary amides is 1. The molecule has 3 aromatic rings. The van der Waals surface area contributed by atoms with E-state index in [0.717, 1.165) is 30.0 Å². The number of amides is 1. The summed E-state index contributed by atoms with van der Waals surface area (Å²) >= 11 is 0. The second-order valence-corrected chi connectivity index (χ2v) is 6.10. The summed E-state index contributed by atoms with van der Waals surface area (Å²) in [5.41, 5.74) is 7.82. The van der Waals surface area contributed by atoms with E-state index in [-0.39, 0.29) is 0 Å². The van der Waals surface area contributed by atoms with Crippen LogP contribution in [0.4, 0.5) is 11.6 Å². The summed E-state index contributed by atoms with van der Waals surface area (Å²) in [5.74, 6) is 0.831. The molecule has 0 aliphatic rings. The Bertz CT molecular complexity index is 900. The quantitative estimate of drug-likeness (QED) is 0.638. The zero-order valence-electron chi connectivity index (χ0n) is 15.2. The molecule has 7 heteroatoms. The van der Waals surface area contributed by atoms with Crippen molar-refractivity contribution >= 4 is 17.5 Å². The van der Waals surface area contributed by atoms with Gasteiger partial charge in [-0.1, -0.05) is 12.1 Å². The van der Waals surface area contributed by atoms with Crippen LogP contribution in [-0.4, -0.2) is 34.5 Å². The minimum absolute atomic E-state index is 0.367. The molecule has 0 atom stereocenters. The topological polar surface area (TPSA) is 97.0 Å². The number of pyridine rings is 3. The SMILES string of the molecule is CN(CCc1ccccn1)c1ncccc1CNc1ncccc1C(N)=O. The van der Waals surface area contributed by atoms with Crippen LogP contribution in [0.25, 0.3) is 0 Å². The molecule has 0 unspecified atom stereocenters. The number of nitrogens with zero attached hydrogens (tertiary/aromatic N) is 4. The molecular weight excluding hydrogens is 340 g/mol. The maximum Gasteiger partial charge on any atom is 0.252 e. The Hall–Kier alpha value is -3.48. The molecule has 0 bridgehead atoms. The van der Waals surface area contributed by atoms with Gasteiger partial charge in [-0.2, -0.15) is 0 Å². The highest BCUT2D eigenvalue weighted by Crippen LogP contribution is 2.19. The van der Waals surface area contributed by atoms with Crippen molar-refractivity contribution in [2.75, 3.05) is 23.8 Å². The fraction of sp³-hybridized carbons (Fsp3) is 0.200. The number of hydrogen-bond acceptors (Lipinski definition) is 6. The summed E-state index contributed by atoms with van der Waals surface area (Å²) in [4.78, 5) is 26.7. The van der Waals surface area contributed by atoms with E-state index < -0.39 is 5.91 Å². The minimum atomic E-state index is -0.510. The van der Waals surface area contributed by atoms with Crippen molar-refractivity contribution in [3.05, 3.63) is 77.9 Å². The number of nitrogens with one attached hydrogen (secondary N) is 1. The van der Waals surface area contributed by atoms with Gasteiger partial charge in [0.25, 0.3) is 5.91 Å². The van der Waals surface area contributed by atoms with Gasteiger partial charge in [-0.15, -0.1) is 0 Å². The first-order valence-electron chi connectivity index (χ1n) is 8.69. The fourth-order valence-electron chi connectivity index (χ4n) is 2.77. The number of carbonyl (C=O) groups excluding carboxylic acids is 1. The highest BCUT2D eigenvalue weighted by molar-refractivity contribution is 5.97. The zero-order chi connectivity index (χ0) is 19.1. The van der Waals surface area contributed by atoms with E-state index in [0.29, 0.717) is 17.9 Å². The van der Waals surface area contributed by atoms with E-state index in [2.05, 4.69) is 25.2 Å². The number of anilines is 2. The van der Waals surface area contributed by atoms with Crippen LogP contribution in [0, 0.1) is 0 Å². The monoisotopic (exact) mass is 362 g/mol. The third kappa shape index (κ3) is 4.78. The first-order chi connectivity index (χ1) is 13.1. The summed E-state index contributed by atoms with van der Waals surface area (Å²) in [7, 11) is 2.00. The molecule has 3 heterocycles. The molecular formula is C20H22N6O. The van der Waals surface area contributed by atoms with E-state index in [9.17, 15) is 4.79 Å². The zero-order valence-corrected chi connectivity index (χ0v) is 15.2. The lowest BCUT2D eigenvalue weighted by Gasteiger charge is -2.21. The second kappa shape index (κ2) is 8.75. The summed E-state index contributed by atoms with van der Waals surface area (Å²) in [5, 5.41) is 3.19. The number of likely N-dealkylation sites (N-methyl/N-ethyl adjacent to an activating group) is 1. The van der Waals surface area contributed by atoms with Gasteiger partial charge in [0.1, 0.15) is 11.6 Å². The van der Waals surface area contributed by atoms with Crippen LogP contribution in [0.5, 0.6) is 0 Å². The number of aromatic nitrogens is 3. The average Bonchev–Trinajstić information content (AvgIpc) is 2.71. The van der Waals surface area contributed by atoms with E-state index in [4.69, 9.17) is 5.73 Å². The van der Waals surface area contributed by atoms with Gasteiger partial charge in [-0.25, -0.2) is 9.97 Å². The number of carbonyl (C=O) groups is 1. The standard InChI is InChI=1S/C20H22N6O/c1-26(13-9-16-7-2-3-10-22-16)20-15(6-4-12-24-20)14-25-19-17(18(21)27)8-5-11-23-19/h2-8,10-12H,9,13-14H2,1H3,(H2,21,27)(H,23,25). The first kappa shape index (κ1) is 18.3. The largest absolute Gasteiger partial charge is 0.365 e. The van der Waals surface area contributed by atoms with Crippen molar-refractivity contribution in [2.45, 2.75) is 13.0 Å². The summed E-state index contributed by atoms with van der Waals surface area (Å²) in [6.07, 6.45) is 6.02. The molecule has 138 valence electrons. The molecule has 0 radical (unpaired) electrons. The third-order valence-electron chi connectivity index (χ3n) is 4.18. The maximum atomic E-state index is 11.5. The van der Waals surface area contributed by atoms with E-state index in [1.54, 1.807) is 30.7 Å². The van der Waals surface area contributed by atoms with Crippen molar-refractivity contribution in [1.29, 1.82) is 0 Å². The summed E-state index contributed by atoms with van der Waals surface area (Å²) in [6, 6.07) is 13.1. The Balaban J connectivity index is 1.69. The van der Waals surface area contributed by atoms with Crippen LogP contribution in [-0.2, 0) is 13.0 Å². The molecule has 27 heavy (non-hydrogen) atoms. The Kier molecular flexibility index (Phi) is 5.94. The van der Waals surface area contributed by atoms with Crippen molar-refractivity contribution in [3.63, 3.8) is 0 Å². The molecule has 3 rings (SSSR count). The maximum absolute atomic E-state index is 11.5. The second-order valence-electron chi connectivity index (χ2n) is 6.10. The Labute approximate surface area is 158 Å². The smallest absolute Gasteiger partial charge is 0.252 e. The van der Waals surface area contributed by atoms with Crippen molar-refractivity contribution in [3.8, 4) is 0 Å². The highest BCUT2D eigenvalue weighted by atomic mass is 16.1. The van der Waals surface area contributed by atoms with Crippen LogP contribution in [0.2, 0.25) is 0 Å². The van der Waals surface area contributed by atoms with Gasteiger partial charge in [0, 0.05) is 56.4 Å². The summed E-state index contributed by atoms with van der Waals surface area (Å²) < 4.78 is 0. The molecule has 0 aromatic carbocycles. The predicted molar refractivity (Wildman–Crippen MR) is 106 cm³/mol. The number of rotatable bonds is 8. The lowest BCUT2D eigenvalue weighted by molar-refractivity contribution is 0.100. The van der Waals surface area contributed by atoms with Crippen LogP contribution in [0.15, 0.2) is 61.1 Å². The van der Waals surface area contributed by atoms with Crippen LogP contribution in [0.1, 0.15) is 21.6 Å². The molecule has 0 saturated heterocycles. The van der Waals surface area contributed by atoms with Gasteiger partial charge in [0.15, 0.2) is 0 Å². The molecule has 0 spiro atoms. The van der Waals surface area contributed by atoms with Crippen LogP contribution in [0.3, 0.4) is 0 Å². The van der Waals surface area contributed by atoms with E-state index in [1.807, 2.05) is 37.4 Å². The van der Waals surface area contributed by atoms with Gasteiger partial charge in [0.05, 0.1) is 5.56 Å². The van der Waals surface area contributed by atoms with Crippen LogP contribution < -0.4 is 16.0 Å². The fourth-order valence-corrected chi connectivity index (χ4v) is 2.77. The van der Waals surface area contributed by atoms with E-state index >= 15 is 0 Å². The minimum Gasteiger partial charge on any atom is -0.365 e. The Morgan fingerprint density at radius 2 is 1.81 bits per heavy atom. The molecule has 7 nitrogen and oxygen atoms in total. The van der Waals surface area contributed by atoms with Crippen molar-refractivity contribution in [1.82, 2.24) is 15.0 Å². The number of nitrogens with two attached hydrogens (primary N) is 1. The lowest BCUT2D eigenvalue weighted by Crippen LogP contribution is -2.24. The summed E-state index contributed by atoms with van der Waals surface area (Å²) in [6.45, 7) is 1.27. The van der Waals surface area contributed by atoms with Crippen molar-refractivity contribution in [2.24, 2.45) is 5.73 Å². The van der Waals surface area contributed by atoms with Gasteiger partial charge in [-0.05, 0) is 30.3 Å². The van der Waals surface area contributed by atoms with Gasteiger partial charge >= 0.3 is 0 Å².